The highest BCUT2D eigenvalue weighted by atomic mass is 16.5. The first-order valence-corrected chi connectivity index (χ1v) is 6.78. The predicted molar refractivity (Wildman–Crippen MR) is 81.7 cm³/mol. The Labute approximate surface area is 121 Å². The molecule has 102 valence electrons. The Morgan fingerprint density at radius 1 is 1.05 bits per heavy atom. The maximum Gasteiger partial charge on any atom is 0.193 e. The lowest BCUT2D eigenvalue weighted by Crippen LogP contribution is -2.16. The number of fused-ring (bicyclic) bond motifs is 2. The zero-order valence-corrected chi connectivity index (χ0v) is 11.2. The summed E-state index contributed by atoms with van der Waals surface area (Å²) in [5.41, 5.74) is 1.59. The van der Waals surface area contributed by atoms with Crippen LogP contribution < -0.4 is 5.43 Å². The molecule has 0 radical (unpaired) electrons. The van der Waals surface area contributed by atoms with Crippen LogP contribution in [0.4, 0.5) is 0 Å². The van der Waals surface area contributed by atoms with Crippen LogP contribution in [0.5, 0.6) is 0 Å². The van der Waals surface area contributed by atoms with E-state index in [2.05, 4.69) is 0 Å². The molecule has 1 atom stereocenters. The Balaban J connectivity index is 1.82. The molecule has 1 aromatic heterocycles. The summed E-state index contributed by atoms with van der Waals surface area (Å²) in [6.45, 7) is 0. The topological polar surface area (TPSA) is 39.4 Å². The van der Waals surface area contributed by atoms with Gasteiger partial charge in [0, 0.05) is 6.07 Å². The van der Waals surface area contributed by atoms with Crippen molar-refractivity contribution in [3.63, 3.8) is 0 Å². The molecular weight excluding hydrogens is 264 g/mol. The molecule has 1 aromatic carbocycles. The SMILES string of the molecule is O=c1cc(C2=CC=C3C=CC=CC3O2)oc2ccccc12. The van der Waals surface area contributed by atoms with Gasteiger partial charge in [0.05, 0.1) is 5.39 Å². The van der Waals surface area contributed by atoms with Gasteiger partial charge >= 0.3 is 0 Å². The lowest BCUT2D eigenvalue weighted by molar-refractivity contribution is 0.235. The average molecular weight is 276 g/mol. The number of para-hydroxylation sites is 1. The van der Waals surface area contributed by atoms with E-state index in [1.54, 1.807) is 12.1 Å². The van der Waals surface area contributed by atoms with Crippen LogP contribution in [0.3, 0.4) is 0 Å². The van der Waals surface area contributed by atoms with Crippen LogP contribution in [0.15, 0.2) is 81.6 Å². The standard InChI is InChI=1S/C18H12O3/c19-14-11-18(21-16-8-4-2-6-13(14)16)17-10-9-12-5-1-3-7-15(12)20-17/h1-11,15H. The molecule has 0 bridgehead atoms. The Morgan fingerprint density at radius 2 is 1.95 bits per heavy atom. The Hall–Kier alpha value is -2.81. The first-order chi connectivity index (χ1) is 10.3. The fourth-order valence-electron chi connectivity index (χ4n) is 2.51. The first-order valence-electron chi connectivity index (χ1n) is 6.78. The van der Waals surface area contributed by atoms with E-state index < -0.39 is 0 Å². The normalized spacial score (nSPS) is 19.7. The zero-order valence-electron chi connectivity index (χ0n) is 11.2. The van der Waals surface area contributed by atoms with Gasteiger partial charge in [-0.2, -0.15) is 0 Å². The summed E-state index contributed by atoms with van der Waals surface area (Å²) >= 11 is 0. The molecule has 0 N–H and O–H groups in total. The van der Waals surface area contributed by atoms with Crippen LogP contribution in [0.2, 0.25) is 0 Å². The van der Waals surface area contributed by atoms with E-state index in [0.717, 1.165) is 5.57 Å². The lowest BCUT2D eigenvalue weighted by atomic mass is 10.0. The molecular formula is C18H12O3. The third-order valence-electron chi connectivity index (χ3n) is 3.57. The summed E-state index contributed by atoms with van der Waals surface area (Å²) in [6.07, 6.45) is 11.6. The maximum absolute atomic E-state index is 12.1. The minimum absolute atomic E-state index is 0.0646. The van der Waals surface area contributed by atoms with Gasteiger partial charge in [0.2, 0.25) is 0 Å². The Bertz CT molecular complexity index is 894. The van der Waals surface area contributed by atoms with E-state index in [0.29, 0.717) is 22.5 Å². The molecule has 0 fully saturated rings. The van der Waals surface area contributed by atoms with E-state index in [4.69, 9.17) is 9.15 Å². The maximum atomic E-state index is 12.1. The summed E-state index contributed by atoms with van der Waals surface area (Å²) in [5, 5.41) is 0.578. The van der Waals surface area contributed by atoms with Gasteiger partial charge in [0.15, 0.2) is 16.9 Å². The smallest absolute Gasteiger partial charge is 0.193 e. The van der Waals surface area contributed by atoms with Crippen LogP contribution in [0.25, 0.3) is 16.7 Å². The molecule has 3 heteroatoms. The van der Waals surface area contributed by atoms with Gasteiger partial charge in [-0.25, -0.2) is 0 Å². The quantitative estimate of drug-likeness (QED) is 0.799. The second-order valence-electron chi connectivity index (χ2n) is 4.95. The largest absolute Gasteiger partial charge is 0.478 e. The van der Waals surface area contributed by atoms with Gasteiger partial charge in [-0.1, -0.05) is 36.4 Å². The minimum atomic E-state index is -0.119. The summed E-state index contributed by atoms with van der Waals surface area (Å²) in [6, 6.07) is 8.69. The van der Waals surface area contributed by atoms with Crippen molar-refractivity contribution in [3.8, 4) is 0 Å². The molecule has 1 unspecified atom stereocenters. The van der Waals surface area contributed by atoms with E-state index in [1.807, 2.05) is 48.6 Å². The van der Waals surface area contributed by atoms with E-state index in [9.17, 15) is 4.79 Å². The number of rotatable bonds is 1. The molecule has 0 amide bonds. The number of benzene rings is 1. The van der Waals surface area contributed by atoms with Gasteiger partial charge in [-0.05, 0) is 29.9 Å². The summed E-state index contributed by atoms with van der Waals surface area (Å²) < 4.78 is 11.7. The van der Waals surface area contributed by atoms with Crippen molar-refractivity contribution in [1.82, 2.24) is 0 Å². The highest BCUT2D eigenvalue weighted by Crippen LogP contribution is 2.29. The van der Waals surface area contributed by atoms with Crippen LogP contribution in [0, 0.1) is 0 Å². The fraction of sp³-hybridized carbons (Fsp3) is 0.0556. The van der Waals surface area contributed by atoms with Crippen molar-refractivity contribution in [3.05, 3.63) is 88.3 Å². The monoisotopic (exact) mass is 276 g/mol. The highest BCUT2D eigenvalue weighted by molar-refractivity contribution is 5.77. The van der Waals surface area contributed by atoms with Gasteiger partial charge in [0.1, 0.15) is 11.7 Å². The molecule has 4 rings (SSSR count). The third-order valence-corrected chi connectivity index (χ3v) is 3.57. The lowest BCUT2D eigenvalue weighted by Gasteiger charge is -2.23. The van der Waals surface area contributed by atoms with E-state index in [1.165, 1.54) is 6.07 Å². The molecule has 0 spiro atoms. The van der Waals surface area contributed by atoms with Gasteiger partial charge in [-0.3, -0.25) is 4.79 Å². The van der Waals surface area contributed by atoms with Crippen molar-refractivity contribution in [2.45, 2.75) is 6.10 Å². The number of ether oxygens (including phenoxy) is 1. The van der Waals surface area contributed by atoms with Crippen LogP contribution in [-0.4, -0.2) is 6.10 Å². The molecule has 0 saturated heterocycles. The molecule has 1 aliphatic carbocycles. The second kappa shape index (κ2) is 4.63. The van der Waals surface area contributed by atoms with Crippen molar-refractivity contribution < 1.29 is 9.15 Å². The Morgan fingerprint density at radius 3 is 2.90 bits per heavy atom. The van der Waals surface area contributed by atoms with Gasteiger partial charge < -0.3 is 9.15 Å². The summed E-state index contributed by atoms with van der Waals surface area (Å²) in [5.74, 6) is 1.03. The van der Waals surface area contributed by atoms with E-state index >= 15 is 0 Å². The summed E-state index contributed by atoms with van der Waals surface area (Å²) in [7, 11) is 0. The molecule has 0 saturated carbocycles. The molecule has 2 heterocycles. The fourth-order valence-corrected chi connectivity index (χ4v) is 2.51. The molecule has 21 heavy (non-hydrogen) atoms. The number of allylic oxidation sites excluding steroid dienone is 4. The van der Waals surface area contributed by atoms with Crippen molar-refractivity contribution >= 4 is 16.7 Å². The second-order valence-corrected chi connectivity index (χ2v) is 4.95. The van der Waals surface area contributed by atoms with Crippen molar-refractivity contribution in [2.75, 3.05) is 0 Å². The van der Waals surface area contributed by atoms with Crippen molar-refractivity contribution in [2.24, 2.45) is 0 Å². The van der Waals surface area contributed by atoms with Crippen LogP contribution in [0.1, 0.15) is 5.76 Å². The molecule has 1 aliphatic heterocycles. The van der Waals surface area contributed by atoms with Crippen LogP contribution >= 0.6 is 0 Å². The van der Waals surface area contributed by atoms with E-state index in [-0.39, 0.29) is 11.5 Å². The van der Waals surface area contributed by atoms with Gasteiger partial charge in [-0.15, -0.1) is 0 Å². The zero-order chi connectivity index (χ0) is 14.2. The first kappa shape index (κ1) is 12.0. The van der Waals surface area contributed by atoms with Crippen molar-refractivity contribution in [1.29, 1.82) is 0 Å². The number of hydrogen-bond donors (Lipinski definition) is 0. The van der Waals surface area contributed by atoms with Crippen LogP contribution in [-0.2, 0) is 4.74 Å². The molecule has 3 nitrogen and oxygen atoms in total. The summed E-state index contributed by atoms with van der Waals surface area (Å²) in [4.78, 5) is 12.1. The van der Waals surface area contributed by atoms with Gasteiger partial charge in [0.25, 0.3) is 0 Å². The highest BCUT2D eigenvalue weighted by Gasteiger charge is 2.20. The number of hydrogen-bond acceptors (Lipinski definition) is 3. The average Bonchev–Trinajstić information content (AvgIpc) is 2.54. The minimum Gasteiger partial charge on any atom is -0.478 e. The predicted octanol–water partition coefficient (Wildman–Crippen LogP) is 3.59. The Kier molecular flexibility index (Phi) is 2.64. The molecule has 2 aliphatic rings. The molecule has 2 aromatic rings. The third kappa shape index (κ3) is 2.03.